The number of halogens is 2. The van der Waals surface area contributed by atoms with Crippen LogP contribution in [0.5, 0.6) is 0 Å². The number of rotatable bonds is 5. The summed E-state index contributed by atoms with van der Waals surface area (Å²) in [4.78, 5) is 11.2. The smallest absolute Gasteiger partial charge is 0.311 e. The number of aliphatic carboxylic acids is 1. The van der Waals surface area contributed by atoms with Gasteiger partial charge in [-0.2, -0.15) is 0 Å². The molecular formula is C12H14BrClO2. The average molecular weight is 306 g/mol. The first kappa shape index (κ1) is 13.5. The largest absolute Gasteiger partial charge is 0.481 e. The van der Waals surface area contributed by atoms with Gasteiger partial charge in [0, 0.05) is 9.85 Å². The zero-order chi connectivity index (χ0) is 12.1. The van der Waals surface area contributed by atoms with Crippen molar-refractivity contribution >= 4 is 33.5 Å². The van der Waals surface area contributed by atoms with Crippen LogP contribution in [0.25, 0.3) is 0 Å². The summed E-state index contributed by atoms with van der Waals surface area (Å²) in [6.07, 6.45) is 1.25. The van der Waals surface area contributed by atoms with E-state index in [0.717, 1.165) is 10.0 Å². The first-order chi connectivity index (χ1) is 7.52. The second-order valence-electron chi connectivity index (χ2n) is 3.77. The molecule has 0 aliphatic rings. The van der Waals surface area contributed by atoms with Crippen molar-refractivity contribution in [3.8, 4) is 0 Å². The molecule has 0 saturated heterocycles. The minimum absolute atomic E-state index is 0.00402. The molecule has 16 heavy (non-hydrogen) atoms. The van der Waals surface area contributed by atoms with Crippen LogP contribution in [0.2, 0.25) is 0 Å². The third-order valence-electron chi connectivity index (χ3n) is 2.43. The van der Waals surface area contributed by atoms with Crippen LogP contribution in [0, 0.1) is 0 Å². The van der Waals surface area contributed by atoms with E-state index in [-0.39, 0.29) is 5.38 Å². The number of carboxylic acid groups (broad SMARTS) is 1. The molecule has 0 spiro atoms. The predicted molar refractivity (Wildman–Crippen MR) is 69.1 cm³/mol. The summed E-state index contributed by atoms with van der Waals surface area (Å²) in [6.45, 7) is 1.88. The van der Waals surface area contributed by atoms with Crippen molar-refractivity contribution in [2.75, 3.05) is 0 Å². The van der Waals surface area contributed by atoms with Crippen LogP contribution in [0.15, 0.2) is 28.7 Å². The molecule has 0 fully saturated rings. The van der Waals surface area contributed by atoms with Gasteiger partial charge in [0.15, 0.2) is 0 Å². The van der Waals surface area contributed by atoms with E-state index in [0.29, 0.717) is 12.8 Å². The lowest BCUT2D eigenvalue weighted by molar-refractivity contribution is -0.139. The summed E-state index contributed by atoms with van der Waals surface area (Å²) in [6, 6.07) is 7.41. The zero-order valence-corrected chi connectivity index (χ0v) is 11.3. The van der Waals surface area contributed by atoms with E-state index >= 15 is 0 Å². The maximum Gasteiger partial charge on any atom is 0.311 e. The summed E-state index contributed by atoms with van der Waals surface area (Å²) in [5, 5.41) is 9.20. The van der Waals surface area contributed by atoms with Gasteiger partial charge in [0.1, 0.15) is 0 Å². The Hall–Kier alpha value is -0.540. The second-order valence-corrected chi connectivity index (χ2v) is 5.37. The van der Waals surface area contributed by atoms with Crippen LogP contribution in [0.4, 0.5) is 0 Å². The summed E-state index contributed by atoms with van der Waals surface area (Å²) in [5.41, 5.74) is 0.812. The van der Waals surface area contributed by atoms with Crippen LogP contribution >= 0.6 is 27.5 Å². The van der Waals surface area contributed by atoms with Crippen LogP contribution < -0.4 is 0 Å². The van der Waals surface area contributed by atoms with Crippen molar-refractivity contribution in [3.05, 3.63) is 34.3 Å². The molecule has 0 aromatic heterocycles. The van der Waals surface area contributed by atoms with Gasteiger partial charge in [0.05, 0.1) is 5.92 Å². The van der Waals surface area contributed by atoms with Crippen molar-refractivity contribution in [3.63, 3.8) is 0 Å². The van der Waals surface area contributed by atoms with E-state index in [1.54, 1.807) is 0 Å². The summed E-state index contributed by atoms with van der Waals surface area (Å²) < 4.78 is 0.838. The van der Waals surface area contributed by atoms with E-state index < -0.39 is 11.9 Å². The van der Waals surface area contributed by atoms with Crippen LogP contribution in [0.3, 0.4) is 0 Å². The fraction of sp³-hybridized carbons (Fsp3) is 0.417. The lowest BCUT2D eigenvalue weighted by Gasteiger charge is -2.14. The van der Waals surface area contributed by atoms with E-state index in [1.807, 2.05) is 31.2 Å². The highest BCUT2D eigenvalue weighted by molar-refractivity contribution is 9.10. The minimum Gasteiger partial charge on any atom is -0.481 e. The Morgan fingerprint density at radius 1 is 1.44 bits per heavy atom. The highest BCUT2D eigenvalue weighted by atomic mass is 79.9. The lowest BCUT2D eigenvalue weighted by Crippen LogP contribution is -2.13. The molecule has 1 rings (SSSR count). The normalized spacial score (nSPS) is 14.4. The summed E-state index contributed by atoms with van der Waals surface area (Å²) in [7, 11) is 0. The SMILES string of the molecule is CC(Cl)CCC(C(=O)O)c1ccccc1Br. The molecule has 0 heterocycles. The molecule has 2 nitrogen and oxygen atoms in total. The lowest BCUT2D eigenvalue weighted by atomic mass is 9.94. The van der Waals surface area contributed by atoms with E-state index in [9.17, 15) is 9.90 Å². The van der Waals surface area contributed by atoms with Gasteiger partial charge in [-0.25, -0.2) is 0 Å². The first-order valence-corrected chi connectivity index (χ1v) is 6.36. The summed E-state index contributed by atoms with van der Waals surface area (Å²) >= 11 is 9.23. The number of carbonyl (C=O) groups is 1. The summed E-state index contributed by atoms with van der Waals surface area (Å²) in [5.74, 6) is -1.29. The third-order valence-corrected chi connectivity index (χ3v) is 3.37. The number of carboxylic acids is 1. The molecule has 2 atom stereocenters. The third kappa shape index (κ3) is 3.80. The van der Waals surface area contributed by atoms with E-state index in [1.165, 1.54) is 0 Å². The molecular weight excluding hydrogens is 291 g/mol. The van der Waals surface area contributed by atoms with Gasteiger partial charge in [0.25, 0.3) is 0 Å². The average Bonchev–Trinajstić information content (AvgIpc) is 2.20. The molecule has 1 aromatic rings. The quantitative estimate of drug-likeness (QED) is 0.834. The molecule has 0 amide bonds. The molecule has 1 N–H and O–H groups in total. The van der Waals surface area contributed by atoms with Gasteiger partial charge in [-0.3, -0.25) is 4.79 Å². The molecule has 4 heteroatoms. The Labute approximate surface area is 109 Å². The van der Waals surface area contributed by atoms with Crippen LogP contribution in [-0.2, 0) is 4.79 Å². The van der Waals surface area contributed by atoms with E-state index in [2.05, 4.69) is 15.9 Å². The molecule has 0 radical (unpaired) electrons. The maximum absolute atomic E-state index is 11.2. The molecule has 0 saturated carbocycles. The second kappa shape index (κ2) is 6.26. The first-order valence-electron chi connectivity index (χ1n) is 5.13. The van der Waals surface area contributed by atoms with Crippen molar-refractivity contribution < 1.29 is 9.90 Å². The Balaban J connectivity index is 2.86. The number of hydrogen-bond donors (Lipinski definition) is 1. The maximum atomic E-state index is 11.2. The van der Waals surface area contributed by atoms with Crippen molar-refractivity contribution in [1.82, 2.24) is 0 Å². The van der Waals surface area contributed by atoms with E-state index in [4.69, 9.17) is 11.6 Å². The van der Waals surface area contributed by atoms with Gasteiger partial charge < -0.3 is 5.11 Å². The number of alkyl halides is 1. The Morgan fingerprint density at radius 3 is 2.56 bits per heavy atom. The highest BCUT2D eigenvalue weighted by Gasteiger charge is 2.21. The van der Waals surface area contributed by atoms with Crippen LogP contribution in [-0.4, -0.2) is 16.5 Å². The minimum atomic E-state index is -0.802. The fourth-order valence-corrected chi connectivity index (χ4v) is 2.25. The van der Waals surface area contributed by atoms with Gasteiger partial charge in [-0.15, -0.1) is 11.6 Å². The molecule has 88 valence electrons. The molecule has 2 unspecified atom stereocenters. The number of hydrogen-bond acceptors (Lipinski definition) is 1. The van der Waals surface area contributed by atoms with Gasteiger partial charge >= 0.3 is 5.97 Å². The van der Waals surface area contributed by atoms with Crippen LogP contribution in [0.1, 0.15) is 31.2 Å². The van der Waals surface area contributed by atoms with Gasteiger partial charge in [-0.05, 0) is 31.4 Å². The Bertz CT molecular complexity index is 366. The number of benzene rings is 1. The highest BCUT2D eigenvalue weighted by Crippen LogP contribution is 2.29. The molecule has 0 bridgehead atoms. The predicted octanol–water partition coefficient (Wildman–Crippen LogP) is 4.02. The van der Waals surface area contributed by atoms with Crippen molar-refractivity contribution in [2.45, 2.75) is 31.1 Å². The topological polar surface area (TPSA) is 37.3 Å². The van der Waals surface area contributed by atoms with Gasteiger partial charge in [0.2, 0.25) is 0 Å². The van der Waals surface area contributed by atoms with Gasteiger partial charge in [-0.1, -0.05) is 34.1 Å². The fourth-order valence-electron chi connectivity index (χ4n) is 1.57. The monoisotopic (exact) mass is 304 g/mol. The van der Waals surface area contributed by atoms with Crippen molar-refractivity contribution in [1.29, 1.82) is 0 Å². The molecule has 0 aliphatic heterocycles. The molecule has 0 aliphatic carbocycles. The Kier molecular flexibility index (Phi) is 5.29. The molecule has 1 aromatic carbocycles. The van der Waals surface area contributed by atoms with Crippen molar-refractivity contribution in [2.24, 2.45) is 0 Å². The standard InChI is InChI=1S/C12H14BrClO2/c1-8(14)6-7-10(12(15)16)9-4-2-3-5-11(9)13/h2-5,8,10H,6-7H2,1H3,(H,15,16). The zero-order valence-electron chi connectivity index (χ0n) is 8.99. The Morgan fingerprint density at radius 2 is 2.06 bits per heavy atom.